The van der Waals surface area contributed by atoms with Crippen LogP contribution in [0, 0.1) is 51.2 Å². The number of rotatable bonds is 16. The van der Waals surface area contributed by atoms with Gasteiger partial charge in [0.25, 0.3) is 0 Å². The molecule has 0 aromatic rings. The van der Waals surface area contributed by atoms with Crippen LogP contribution >= 0.6 is 0 Å². The van der Waals surface area contributed by atoms with Crippen LogP contribution in [-0.4, -0.2) is 89.1 Å². The van der Waals surface area contributed by atoms with Gasteiger partial charge in [0.05, 0.1) is 19.3 Å². The minimum Gasteiger partial charge on any atom is -0.385 e. The molecule has 2 aliphatic heterocycles. The molecule has 9 heteroatoms. The number of ether oxygens (including phenoxy) is 1. The summed E-state index contributed by atoms with van der Waals surface area (Å²) in [6, 6.07) is -0.635. The minimum atomic E-state index is -1.16. The Bertz CT molecular complexity index is 1380. The van der Waals surface area contributed by atoms with Gasteiger partial charge in [-0.25, -0.2) is 0 Å². The maximum Gasteiger partial charge on any atom is 0.227 e. The highest BCUT2D eigenvalue weighted by molar-refractivity contribution is 5.95. The Hall–Kier alpha value is -2.13. The number of aliphatic hydroxyl groups excluding tert-OH is 1. The van der Waals surface area contributed by atoms with Gasteiger partial charge in [0.2, 0.25) is 11.8 Å². The predicted octanol–water partition coefficient (Wildman–Crippen LogP) is 6.96. The number of hydrogen-bond donors (Lipinski definition) is 1. The summed E-state index contributed by atoms with van der Waals surface area (Å²) in [6.07, 6.45) is 12.1. The third-order valence-electron chi connectivity index (χ3n) is 15.6. The van der Waals surface area contributed by atoms with Crippen molar-refractivity contribution in [1.29, 1.82) is 0 Å². The van der Waals surface area contributed by atoms with E-state index in [-0.39, 0.29) is 76.5 Å². The van der Waals surface area contributed by atoms with Gasteiger partial charge >= 0.3 is 0 Å². The molecule has 1 N–H and O–H groups in total. The van der Waals surface area contributed by atoms with Crippen LogP contribution in [0.5, 0.6) is 0 Å². The zero-order valence-corrected chi connectivity index (χ0v) is 33.9. The predicted molar refractivity (Wildman–Crippen MR) is 204 cm³/mol. The van der Waals surface area contributed by atoms with Gasteiger partial charge in [-0.1, -0.05) is 73.6 Å². The van der Waals surface area contributed by atoms with Gasteiger partial charge in [0.15, 0.2) is 11.6 Å². The van der Waals surface area contributed by atoms with Crippen LogP contribution in [0.1, 0.15) is 151 Å². The summed E-state index contributed by atoms with van der Waals surface area (Å²) in [6.45, 7) is 15.3. The van der Waals surface area contributed by atoms with E-state index in [9.17, 15) is 24.3 Å². The lowest BCUT2D eigenvalue weighted by Gasteiger charge is -2.37. The van der Waals surface area contributed by atoms with E-state index in [4.69, 9.17) is 4.74 Å². The van der Waals surface area contributed by atoms with E-state index in [1.807, 2.05) is 37.5 Å². The average Bonchev–Trinajstić information content (AvgIpc) is 3.94. The Labute approximate surface area is 319 Å². The first-order valence-corrected chi connectivity index (χ1v) is 21.5. The van der Waals surface area contributed by atoms with Gasteiger partial charge in [-0.2, -0.15) is 0 Å². The molecule has 9 nitrogen and oxygen atoms in total. The number of Topliss-reactive ketones (excluding diaryl/α,β-unsaturated/α-hetero) is 3. The van der Waals surface area contributed by atoms with Gasteiger partial charge < -0.3 is 19.6 Å². The number of aliphatic hydroxyl groups is 1. The van der Waals surface area contributed by atoms with Gasteiger partial charge in [-0.15, -0.1) is 0 Å². The lowest BCUT2D eigenvalue weighted by molar-refractivity contribution is -0.147. The molecule has 2 amide bonds. The van der Waals surface area contributed by atoms with Crippen LogP contribution in [-0.2, 0) is 28.7 Å². The van der Waals surface area contributed by atoms with Gasteiger partial charge in [0, 0.05) is 62.6 Å². The Kier molecular flexibility index (Phi) is 12.1. The van der Waals surface area contributed by atoms with Crippen molar-refractivity contribution >= 4 is 29.2 Å². The quantitative estimate of drug-likeness (QED) is 0.182. The Morgan fingerprint density at radius 1 is 0.849 bits per heavy atom. The Morgan fingerprint density at radius 2 is 1.51 bits per heavy atom. The minimum absolute atomic E-state index is 0.00546. The fourth-order valence-electron chi connectivity index (χ4n) is 11.8. The highest BCUT2D eigenvalue weighted by atomic mass is 16.5. The van der Waals surface area contributed by atoms with Crippen molar-refractivity contribution < 1.29 is 33.8 Å². The van der Waals surface area contributed by atoms with Gasteiger partial charge in [-0.05, 0) is 85.4 Å². The number of amides is 2. The normalized spacial score (nSPS) is 29.0. The number of carbonyl (C=O) groups excluding carboxylic acids is 5. The summed E-state index contributed by atoms with van der Waals surface area (Å²) in [5, 5.41) is 11.2. The van der Waals surface area contributed by atoms with Crippen molar-refractivity contribution in [3.05, 3.63) is 0 Å². The standard InChI is InChI=1S/C44H70N2O7/c1-7-12-31(38(50)37(49)23-29-15-16-29)24-36(48)35-27-44(42(5,6)43(44)17-11-18-43)28-46(35)40(52)34(41(2,3)4)26-32(47)25-33(30-13-9-8-10-14-30)39(51)45-19-21-53-22-20-45/h29-31,33-35,38,50H,7-28H2,1-6H3/t31?,33-,34+,35-,38?,44+/m0/s1. The fourth-order valence-corrected chi connectivity index (χ4v) is 11.8. The molecule has 298 valence electrons. The molecule has 2 saturated heterocycles. The Balaban J connectivity index is 1.23. The third-order valence-corrected chi connectivity index (χ3v) is 15.6. The van der Waals surface area contributed by atoms with E-state index >= 15 is 4.79 Å². The van der Waals surface area contributed by atoms with Crippen molar-refractivity contribution in [3.8, 4) is 0 Å². The van der Waals surface area contributed by atoms with Crippen molar-refractivity contribution in [2.24, 2.45) is 51.2 Å². The summed E-state index contributed by atoms with van der Waals surface area (Å²) < 4.78 is 5.52. The summed E-state index contributed by atoms with van der Waals surface area (Å²) in [7, 11) is 0. The molecule has 4 aliphatic carbocycles. The zero-order valence-electron chi connectivity index (χ0n) is 33.9. The number of carbonyl (C=O) groups is 5. The van der Waals surface area contributed by atoms with Gasteiger partial charge in [0.1, 0.15) is 11.9 Å². The number of nitrogens with zero attached hydrogens (tertiary/aromatic N) is 2. The first-order chi connectivity index (χ1) is 25.1. The first-order valence-electron chi connectivity index (χ1n) is 21.5. The lowest BCUT2D eigenvalue weighted by Crippen LogP contribution is -2.48. The van der Waals surface area contributed by atoms with Crippen LogP contribution in [0.2, 0.25) is 0 Å². The molecule has 6 atom stereocenters. The number of ketones is 3. The van der Waals surface area contributed by atoms with Crippen molar-refractivity contribution in [2.75, 3.05) is 32.8 Å². The third kappa shape index (κ3) is 7.82. The first kappa shape index (κ1) is 40.5. The van der Waals surface area contributed by atoms with Gasteiger partial charge in [-0.3, -0.25) is 24.0 Å². The Morgan fingerprint density at radius 3 is 2.06 bits per heavy atom. The maximum atomic E-state index is 15.1. The van der Waals surface area contributed by atoms with Crippen LogP contribution in [0.4, 0.5) is 0 Å². The van der Waals surface area contributed by atoms with Crippen molar-refractivity contribution in [2.45, 2.75) is 163 Å². The molecule has 6 rings (SSSR count). The van der Waals surface area contributed by atoms with Crippen molar-refractivity contribution in [3.63, 3.8) is 0 Å². The van der Waals surface area contributed by atoms with E-state index in [0.717, 1.165) is 70.6 Å². The molecule has 0 aromatic carbocycles. The van der Waals surface area contributed by atoms with E-state index in [0.29, 0.717) is 58.0 Å². The van der Waals surface area contributed by atoms with Crippen LogP contribution in [0.15, 0.2) is 0 Å². The molecule has 6 fully saturated rings. The molecule has 6 aliphatic rings. The monoisotopic (exact) mass is 739 g/mol. The molecular weight excluding hydrogens is 668 g/mol. The number of fused-ring (bicyclic) bond motifs is 1. The van der Waals surface area contributed by atoms with E-state index in [2.05, 4.69) is 13.8 Å². The smallest absolute Gasteiger partial charge is 0.227 e. The fraction of sp³-hybridized carbons (Fsp3) is 0.886. The highest BCUT2D eigenvalue weighted by Gasteiger charge is 2.85. The van der Waals surface area contributed by atoms with Crippen LogP contribution in [0.25, 0.3) is 0 Å². The van der Waals surface area contributed by atoms with Crippen LogP contribution in [0.3, 0.4) is 0 Å². The molecule has 53 heavy (non-hydrogen) atoms. The maximum absolute atomic E-state index is 15.1. The van der Waals surface area contributed by atoms with E-state index in [1.54, 1.807) is 0 Å². The number of morpholine rings is 1. The van der Waals surface area contributed by atoms with Crippen LogP contribution < -0.4 is 0 Å². The summed E-state index contributed by atoms with van der Waals surface area (Å²) >= 11 is 0. The van der Waals surface area contributed by atoms with E-state index < -0.39 is 29.4 Å². The molecule has 0 bridgehead atoms. The largest absolute Gasteiger partial charge is 0.385 e. The second-order valence-corrected chi connectivity index (χ2v) is 19.9. The molecule has 0 radical (unpaired) electrons. The van der Waals surface area contributed by atoms with Crippen molar-refractivity contribution in [1.82, 2.24) is 9.80 Å². The molecule has 2 spiro atoms. The molecule has 0 aromatic heterocycles. The second-order valence-electron chi connectivity index (χ2n) is 19.9. The number of likely N-dealkylation sites (tertiary alicyclic amines) is 1. The lowest BCUT2D eigenvalue weighted by atomic mass is 9.73. The summed E-state index contributed by atoms with van der Waals surface area (Å²) in [5.74, 6) is -1.28. The molecular formula is C44H70N2O7. The molecule has 4 saturated carbocycles. The number of hydrogen-bond acceptors (Lipinski definition) is 7. The highest BCUT2D eigenvalue weighted by Crippen LogP contribution is 2.88. The average molecular weight is 739 g/mol. The zero-order chi connectivity index (χ0) is 38.3. The second kappa shape index (κ2) is 15.8. The topological polar surface area (TPSA) is 121 Å². The van der Waals surface area contributed by atoms with E-state index in [1.165, 1.54) is 0 Å². The summed E-state index contributed by atoms with van der Waals surface area (Å²) in [5.41, 5.74) is -0.587. The molecule has 2 unspecified atom stereocenters. The SMILES string of the molecule is CCCC(CC(=O)[C@@H]1C[C@@]2(CN1C(=O)[C@@H](CC(=O)C[C@H](C(=O)N1CCOCC1)C1CCCCC1)C(C)(C)C)C(C)(C)C21CCC1)C(O)C(=O)CC1CC1. The summed E-state index contributed by atoms with van der Waals surface area (Å²) in [4.78, 5) is 74.6. The molecule has 2 heterocycles.